The summed E-state index contributed by atoms with van der Waals surface area (Å²) in [7, 11) is -3.99. The number of amides is 1. The number of hydrogen-bond acceptors (Lipinski definition) is 3. The largest absolute Gasteiger partial charge is 0.338 e. The second-order valence-corrected chi connectivity index (χ2v) is 9.50. The fraction of sp³-hybridized carbons (Fsp3) is 0.381. The second-order valence-electron chi connectivity index (χ2n) is 7.56. The molecule has 0 saturated carbocycles. The molecule has 1 saturated heterocycles. The van der Waals surface area contributed by atoms with Gasteiger partial charge in [-0.15, -0.1) is 0 Å². The van der Waals surface area contributed by atoms with Crippen molar-refractivity contribution in [2.24, 2.45) is 5.92 Å². The normalized spacial score (nSPS) is 18.5. The van der Waals surface area contributed by atoms with Crippen molar-refractivity contribution in [3.8, 4) is 0 Å². The summed E-state index contributed by atoms with van der Waals surface area (Å²) < 4.78 is 53.5. The van der Waals surface area contributed by atoms with Crippen LogP contribution in [0, 0.1) is 17.6 Å². The lowest BCUT2D eigenvalue weighted by atomic mass is 9.94. The van der Waals surface area contributed by atoms with Crippen LogP contribution in [0.3, 0.4) is 0 Å². The molecule has 0 aromatic heterocycles. The molecule has 2 aliphatic heterocycles. The molecule has 5 nitrogen and oxygen atoms in total. The molecule has 0 unspecified atom stereocenters. The molecule has 2 aromatic carbocycles. The summed E-state index contributed by atoms with van der Waals surface area (Å²) in [4.78, 5) is 14.4. The fourth-order valence-electron chi connectivity index (χ4n) is 4.11. The Balaban J connectivity index is 1.41. The van der Waals surface area contributed by atoms with Crippen molar-refractivity contribution in [2.45, 2.75) is 30.7 Å². The zero-order valence-electron chi connectivity index (χ0n) is 15.9. The third-order valence-corrected chi connectivity index (χ3v) is 7.60. The molecule has 0 radical (unpaired) electrons. The number of carbonyl (C=O) groups excluding carboxylic acids is 1. The van der Waals surface area contributed by atoms with Gasteiger partial charge in [0.1, 0.15) is 11.6 Å². The first kappa shape index (κ1) is 20.0. The summed E-state index contributed by atoms with van der Waals surface area (Å²) in [6.45, 7) is 1.55. The number of sulfonamides is 1. The lowest BCUT2D eigenvalue weighted by Crippen LogP contribution is -2.45. The van der Waals surface area contributed by atoms with E-state index in [4.69, 9.17) is 0 Å². The van der Waals surface area contributed by atoms with E-state index in [1.807, 2.05) is 23.1 Å². The molecule has 154 valence electrons. The maximum Gasteiger partial charge on any atom is 0.243 e. The molecular weight excluding hydrogens is 398 g/mol. The predicted molar refractivity (Wildman–Crippen MR) is 103 cm³/mol. The predicted octanol–water partition coefficient (Wildman–Crippen LogP) is 2.95. The zero-order chi connectivity index (χ0) is 20.6. The van der Waals surface area contributed by atoms with Crippen LogP contribution in [0.2, 0.25) is 0 Å². The Morgan fingerprint density at radius 2 is 1.55 bits per heavy atom. The van der Waals surface area contributed by atoms with E-state index in [-0.39, 0.29) is 24.9 Å². The number of rotatable bonds is 3. The van der Waals surface area contributed by atoms with Gasteiger partial charge in [-0.2, -0.15) is 4.31 Å². The summed E-state index contributed by atoms with van der Waals surface area (Å²) in [5.41, 5.74) is 2.42. The molecule has 0 aliphatic carbocycles. The Labute approximate surface area is 169 Å². The van der Waals surface area contributed by atoms with Gasteiger partial charge in [0.05, 0.1) is 4.90 Å². The van der Waals surface area contributed by atoms with Gasteiger partial charge >= 0.3 is 0 Å². The minimum Gasteiger partial charge on any atom is -0.338 e. The van der Waals surface area contributed by atoms with Gasteiger partial charge in [-0.25, -0.2) is 17.2 Å². The average Bonchev–Trinajstić information content (AvgIpc) is 2.72. The molecule has 2 aromatic rings. The van der Waals surface area contributed by atoms with Gasteiger partial charge in [0, 0.05) is 38.2 Å². The highest BCUT2D eigenvalue weighted by Gasteiger charge is 2.35. The van der Waals surface area contributed by atoms with Crippen LogP contribution in [-0.4, -0.2) is 43.2 Å². The lowest BCUT2D eigenvalue weighted by molar-refractivity contribution is -0.137. The SMILES string of the molecule is O=C(C1CCN(S(=O)(=O)c2cc(F)cc(F)c2)CC1)N1CCc2ccccc2C1. The Morgan fingerprint density at radius 1 is 0.931 bits per heavy atom. The van der Waals surface area contributed by atoms with Gasteiger partial charge in [-0.05, 0) is 42.5 Å². The van der Waals surface area contributed by atoms with Crippen LogP contribution < -0.4 is 0 Å². The van der Waals surface area contributed by atoms with E-state index in [1.54, 1.807) is 0 Å². The van der Waals surface area contributed by atoms with Crippen molar-refractivity contribution < 1.29 is 22.0 Å². The van der Waals surface area contributed by atoms with Gasteiger partial charge in [-0.3, -0.25) is 4.79 Å². The number of carbonyl (C=O) groups is 1. The van der Waals surface area contributed by atoms with Crippen LogP contribution in [0.4, 0.5) is 8.78 Å². The minimum absolute atomic E-state index is 0.0494. The third-order valence-electron chi connectivity index (χ3n) is 5.72. The zero-order valence-corrected chi connectivity index (χ0v) is 16.7. The summed E-state index contributed by atoms with van der Waals surface area (Å²) >= 11 is 0. The third kappa shape index (κ3) is 4.04. The van der Waals surface area contributed by atoms with Gasteiger partial charge in [-0.1, -0.05) is 24.3 Å². The highest BCUT2D eigenvalue weighted by molar-refractivity contribution is 7.89. The molecule has 8 heteroatoms. The first-order valence-corrected chi connectivity index (χ1v) is 11.1. The number of piperidine rings is 1. The molecule has 0 spiro atoms. The minimum atomic E-state index is -3.99. The van der Waals surface area contributed by atoms with E-state index < -0.39 is 26.6 Å². The van der Waals surface area contributed by atoms with Crippen molar-refractivity contribution in [1.82, 2.24) is 9.21 Å². The summed E-state index contributed by atoms with van der Waals surface area (Å²) in [6, 6.07) is 10.3. The van der Waals surface area contributed by atoms with Gasteiger partial charge in [0.2, 0.25) is 15.9 Å². The maximum absolute atomic E-state index is 13.4. The van der Waals surface area contributed by atoms with Gasteiger partial charge in [0.25, 0.3) is 0 Å². The van der Waals surface area contributed by atoms with Crippen LogP contribution in [-0.2, 0) is 27.8 Å². The second kappa shape index (κ2) is 7.84. The molecular formula is C21H22F2N2O3S. The Hall–Kier alpha value is -2.32. The van der Waals surface area contributed by atoms with E-state index in [0.717, 1.165) is 24.1 Å². The number of nitrogens with zero attached hydrogens (tertiary/aromatic N) is 2. The fourth-order valence-corrected chi connectivity index (χ4v) is 5.62. The van der Waals surface area contributed by atoms with Crippen LogP contribution in [0.15, 0.2) is 47.4 Å². The summed E-state index contributed by atoms with van der Waals surface area (Å²) in [6.07, 6.45) is 1.61. The van der Waals surface area contributed by atoms with Crippen molar-refractivity contribution in [3.63, 3.8) is 0 Å². The summed E-state index contributed by atoms with van der Waals surface area (Å²) in [5, 5.41) is 0. The van der Waals surface area contributed by atoms with Crippen molar-refractivity contribution >= 4 is 15.9 Å². The molecule has 4 rings (SSSR count). The van der Waals surface area contributed by atoms with E-state index in [1.165, 1.54) is 9.87 Å². The number of hydrogen-bond donors (Lipinski definition) is 0. The molecule has 1 amide bonds. The molecule has 0 N–H and O–H groups in total. The Kier molecular flexibility index (Phi) is 5.40. The Morgan fingerprint density at radius 3 is 2.21 bits per heavy atom. The lowest BCUT2D eigenvalue weighted by Gasteiger charge is -2.35. The Bertz CT molecular complexity index is 1010. The van der Waals surface area contributed by atoms with Crippen molar-refractivity contribution in [1.29, 1.82) is 0 Å². The number of benzene rings is 2. The average molecular weight is 420 g/mol. The summed E-state index contributed by atoms with van der Waals surface area (Å²) in [5.74, 6) is -2.05. The molecule has 0 atom stereocenters. The van der Waals surface area contributed by atoms with Crippen LogP contribution >= 0.6 is 0 Å². The van der Waals surface area contributed by atoms with Gasteiger partial charge < -0.3 is 4.90 Å². The standard InChI is InChI=1S/C21H22F2N2O3S/c22-18-11-19(23)13-20(12-18)29(27,28)25-9-6-16(7-10-25)21(26)24-8-5-15-3-1-2-4-17(15)14-24/h1-4,11-13,16H,5-10,14H2. The monoisotopic (exact) mass is 420 g/mol. The smallest absolute Gasteiger partial charge is 0.243 e. The molecule has 29 heavy (non-hydrogen) atoms. The molecule has 1 fully saturated rings. The molecule has 0 bridgehead atoms. The van der Waals surface area contributed by atoms with Crippen LogP contribution in [0.5, 0.6) is 0 Å². The van der Waals surface area contributed by atoms with Gasteiger partial charge in [0.15, 0.2) is 0 Å². The number of halogens is 2. The van der Waals surface area contributed by atoms with Crippen molar-refractivity contribution in [2.75, 3.05) is 19.6 Å². The number of fused-ring (bicyclic) bond motifs is 1. The molecule has 2 heterocycles. The van der Waals surface area contributed by atoms with E-state index in [0.29, 0.717) is 32.0 Å². The first-order chi connectivity index (χ1) is 13.8. The van der Waals surface area contributed by atoms with E-state index in [2.05, 4.69) is 6.07 Å². The molecule has 2 aliphatic rings. The highest BCUT2D eigenvalue weighted by atomic mass is 32.2. The van der Waals surface area contributed by atoms with E-state index in [9.17, 15) is 22.0 Å². The van der Waals surface area contributed by atoms with Crippen LogP contribution in [0.1, 0.15) is 24.0 Å². The highest BCUT2D eigenvalue weighted by Crippen LogP contribution is 2.28. The first-order valence-electron chi connectivity index (χ1n) is 9.66. The topological polar surface area (TPSA) is 57.7 Å². The van der Waals surface area contributed by atoms with Crippen molar-refractivity contribution in [3.05, 3.63) is 65.2 Å². The van der Waals surface area contributed by atoms with E-state index >= 15 is 0 Å². The maximum atomic E-state index is 13.4. The van der Waals surface area contributed by atoms with Crippen LogP contribution in [0.25, 0.3) is 0 Å². The quantitative estimate of drug-likeness (QED) is 0.767.